The minimum atomic E-state index is -0.412. The van der Waals surface area contributed by atoms with Crippen molar-refractivity contribution < 1.29 is 9.53 Å². The second-order valence-corrected chi connectivity index (χ2v) is 3.12. The lowest BCUT2D eigenvalue weighted by Gasteiger charge is -2.14. The van der Waals surface area contributed by atoms with E-state index in [0.717, 1.165) is 5.56 Å². The summed E-state index contributed by atoms with van der Waals surface area (Å²) < 4.78 is 5.14. The minimum absolute atomic E-state index is 0.136. The Labute approximate surface area is 88.4 Å². The molecule has 1 rings (SSSR count). The van der Waals surface area contributed by atoms with Crippen LogP contribution in [0.2, 0.25) is 0 Å². The Morgan fingerprint density at radius 2 is 2.20 bits per heavy atom. The average molecular weight is 209 g/mol. The minimum Gasteiger partial charge on any atom is -0.496 e. The van der Waals surface area contributed by atoms with Gasteiger partial charge in [0.1, 0.15) is 5.75 Å². The van der Waals surface area contributed by atoms with Crippen LogP contribution >= 0.6 is 0 Å². The van der Waals surface area contributed by atoms with Gasteiger partial charge in [0.05, 0.1) is 7.11 Å². The number of carbonyl (C=O) groups excluding carboxylic acids is 1. The van der Waals surface area contributed by atoms with Gasteiger partial charge in [-0.3, -0.25) is 10.2 Å². The molecule has 1 amide bonds. The number of hydrogen-bond donors (Lipinski definition) is 3. The van der Waals surface area contributed by atoms with E-state index in [2.05, 4.69) is 0 Å². The fourth-order valence-electron chi connectivity index (χ4n) is 1.34. The Morgan fingerprint density at radius 3 is 2.80 bits per heavy atom. The van der Waals surface area contributed by atoms with Gasteiger partial charge in [0, 0.05) is 18.0 Å². The van der Waals surface area contributed by atoms with E-state index in [0.29, 0.717) is 5.75 Å². The Bertz CT molecular complexity index is 341. The van der Waals surface area contributed by atoms with Crippen molar-refractivity contribution in [1.82, 2.24) is 5.43 Å². The molecule has 0 radical (unpaired) electrons. The first kappa shape index (κ1) is 11.5. The zero-order valence-electron chi connectivity index (χ0n) is 8.57. The number of nitrogens with one attached hydrogen (secondary N) is 1. The molecule has 5 nitrogen and oxygen atoms in total. The highest BCUT2D eigenvalue weighted by Crippen LogP contribution is 2.24. The van der Waals surface area contributed by atoms with Gasteiger partial charge in [-0.25, -0.2) is 5.84 Å². The zero-order valence-corrected chi connectivity index (χ0v) is 8.57. The van der Waals surface area contributed by atoms with E-state index in [1.165, 1.54) is 0 Å². The Balaban J connectivity index is 2.80. The van der Waals surface area contributed by atoms with Crippen LogP contribution in [0.1, 0.15) is 18.0 Å². The third-order valence-electron chi connectivity index (χ3n) is 2.10. The summed E-state index contributed by atoms with van der Waals surface area (Å²) in [7, 11) is 1.56. The molecule has 1 atom stereocenters. The number of amides is 1. The van der Waals surface area contributed by atoms with Crippen LogP contribution in [0.25, 0.3) is 0 Å². The number of para-hydroxylation sites is 1. The zero-order chi connectivity index (χ0) is 11.3. The molecule has 5 heteroatoms. The highest BCUT2D eigenvalue weighted by Gasteiger charge is 2.14. The summed E-state index contributed by atoms with van der Waals surface area (Å²) in [5, 5.41) is 0. The number of benzene rings is 1. The summed E-state index contributed by atoms with van der Waals surface area (Å²) >= 11 is 0. The van der Waals surface area contributed by atoms with Crippen LogP contribution in [-0.4, -0.2) is 13.0 Å². The molecular formula is C10H15N3O2. The highest BCUT2D eigenvalue weighted by molar-refractivity contribution is 5.76. The lowest BCUT2D eigenvalue weighted by atomic mass is 10.0. The fraction of sp³-hybridized carbons (Fsp3) is 0.300. The summed E-state index contributed by atoms with van der Waals surface area (Å²) in [6, 6.07) is 6.91. The topological polar surface area (TPSA) is 90.4 Å². The van der Waals surface area contributed by atoms with Crippen LogP contribution in [-0.2, 0) is 4.79 Å². The molecule has 5 N–H and O–H groups in total. The largest absolute Gasteiger partial charge is 0.496 e. The second kappa shape index (κ2) is 5.33. The molecule has 1 aromatic carbocycles. The quantitative estimate of drug-likeness (QED) is 0.372. The third kappa shape index (κ3) is 2.93. The SMILES string of the molecule is COc1ccccc1C(N)CC(=O)NN. The summed E-state index contributed by atoms with van der Waals surface area (Å²) in [6.07, 6.45) is 0.136. The predicted molar refractivity (Wildman–Crippen MR) is 56.9 cm³/mol. The number of hydrazine groups is 1. The third-order valence-corrected chi connectivity index (χ3v) is 2.10. The van der Waals surface area contributed by atoms with E-state index in [1.807, 2.05) is 23.6 Å². The first-order valence-corrected chi connectivity index (χ1v) is 4.57. The van der Waals surface area contributed by atoms with Gasteiger partial charge < -0.3 is 10.5 Å². The van der Waals surface area contributed by atoms with Gasteiger partial charge in [-0.15, -0.1) is 0 Å². The van der Waals surface area contributed by atoms with Crippen molar-refractivity contribution in [2.45, 2.75) is 12.5 Å². The molecule has 15 heavy (non-hydrogen) atoms. The van der Waals surface area contributed by atoms with E-state index < -0.39 is 6.04 Å². The maximum Gasteiger partial charge on any atom is 0.235 e. The van der Waals surface area contributed by atoms with Crippen molar-refractivity contribution in [3.8, 4) is 5.75 Å². The molecule has 1 aromatic rings. The summed E-state index contributed by atoms with van der Waals surface area (Å²) in [5.74, 6) is 5.36. The molecule has 0 aliphatic rings. The molecule has 0 spiro atoms. The molecule has 0 aliphatic heterocycles. The average Bonchev–Trinajstić information content (AvgIpc) is 2.28. The fourth-order valence-corrected chi connectivity index (χ4v) is 1.34. The van der Waals surface area contributed by atoms with E-state index in [4.69, 9.17) is 16.3 Å². The molecule has 0 saturated carbocycles. The Hall–Kier alpha value is -1.59. The molecule has 0 aliphatic carbocycles. The molecule has 0 aromatic heterocycles. The molecule has 0 saturated heterocycles. The van der Waals surface area contributed by atoms with Gasteiger partial charge >= 0.3 is 0 Å². The van der Waals surface area contributed by atoms with Crippen LogP contribution < -0.4 is 21.7 Å². The van der Waals surface area contributed by atoms with Crippen LogP contribution in [0.4, 0.5) is 0 Å². The molecule has 0 fully saturated rings. The Morgan fingerprint density at radius 1 is 1.53 bits per heavy atom. The number of methoxy groups -OCH3 is 1. The molecule has 1 unspecified atom stereocenters. The number of nitrogens with two attached hydrogens (primary N) is 2. The summed E-state index contributed by atoms with van der Waals surface area (Å²) in [5.41, 5.74) is 8.69. The van der Waals surface area contributed by atoms with Crippen molar-refractivity contribution in [2.75, 3.05) is 7.11 Å². The van der Waals surface area contributed by atoms with E-state index in [9.17, 15) is 4.79 Å². The first-order chi connectivity index (χ1) is 7.19. The summed E-state index contributed by atoms with van der Waals surface area (Å²) in [6.45, 7) is 0. The summed E-state index contributed by atoms with van der Waals surface area (Å²) in [4.78, 5) is 11.0. The monoisotopic (exact) mass is 209 g/mol. The van der Waals surface area contributed by atoms with Crippen molar-refractivity contribution in [3.05, 3.63) is 29.8 Å². The first-order valence-electron chi connectivity index (χ1n) is 4.57. The predicted octanol–water partition coefficient (Wildman–Crippen LogP) is 0.0750. The van der Waals surface area contributed by atoms with Crippen molar-refractivity contribution >= 4 is 5.91 Å². The molecule has 0 bridgehead atoms. The smallest absolute Gasteiger partial charge is 0.235 e. The van der Waals surface area contributed by atoms with Gasteiger partial charge in [-0.1, -0.05) is 18.2 Å². The van der Waals surface area contributed by atoms with Crippen molar-refractivity contribution in [3.63, 3.8) is 0 Å². The van der Waals surface area contributed by atoms with Crippen LogP contribution in [0.5, 0.6) is 5.75 Å². The van der Waals surface area contributed by atoms with Gasteiger partial charge in [0.2, 0.25) is 5.91 Å². The molecular weight excluding hydrogens is 194 g/mol. The number of ether oxygens (including phenoxy) is 1. The standard InChI is InChI=1S/C10H15N3O2/c1-15-9-5-3-2-4-7(9)8(11)6-10(14)13-12/h2-5,8H,6,11-12H2,1H3,(H,13,14). The normalized spacial score (nSPS) is 11.9. The lowest BCUT2D eigenvalue weighted by Crippen LogP contribution is -2.32. The van der Waals surface area contributed by atoms with Gasteiger partial charge in [-0.2, -0.15) is 0 Å². The molecule has 82 valence electrons. The Kier molecular flexibility index (Phi) is 4.08. The lowest BCUT2D eigenvalue weighted by molar-refractivity contribution is -0.121. The second-order valence-electron chi connectivity index (χ2n) is 3.12. The van der Waals surface area contributed by atoms with Crippen LogP contribution in [0.3, 0.4) is 0 Å². The van der Waals surface area contributed by atoms with Crippen LogP contribution in [0, 0.1) is 0 Å². The molecule has 0 heterocycles. The van der Waals surface area contributed by atoms with E-state index >= 15 is 0 Å². The van der Waals surface area contributed by atoms with Gasteiger partial charge in [-0.05, 0) is 6.07 Å². The van der Waals surface area contributed by atoms with E-state index in [1.54, 1.807) is 13.2 Å². The van der Waals surface area contributed by atoms with Crippen molar-refractivity contribution in [2.24, 2.45) is 11.6 Å². The number of carbonyl (C=O) groups is 1. The van der Waals surface area contributed by atoms with E-state index in [-0.39, 0.29) is 12.3 Å². The van der Waals surface area contributed by atoms with Gasteiger partial charge in [0.15, 0.2) is 0 Å². The van der Waals surface area contributed by atoms with Crippen LogP contribution in [0.15, 0.2) is 24.3 Å². The maximum atomic E-state index is 11.0. The van der Waals surface area contributed by atoms with Gasteiger partial charge in [0.25, 0.3) is 0 Å². The van der Waals surface area contributed by atoms with Crippen molar-refractivity contribution in [1.29, 1.82) is 0 Å². The highest BCUT2D eigenvalue weighted by atomic mass is 16.5. The number of rotatable bonds is 4. The maximum absolute atomic E-state index is 11.0. The number of hydrogen-bond acceptors (Lipinski definition) is 4.